The van der Waals surface area contributed by atoms with Crippen LogP contribution in [0.1, 0.15) is 25.5 Å². The maximum Gasteiger partial charge on any atom is 0.0899 e. The van der Waals surface area contributed by atoms with Crippen molar-refractivity contribution in [1.82, 2.24) is 15.2 Å². The van der Waals surface area contributed by atoms with Gasteiger partial charge in [-0.25, -0.2) is 0 Å². The summed E-state index contributed by atoms with van der Waals surface area (Å²) in [7, 11) is 2.11. The molecule has 0 spiro atoms. The highest BCUT2D eigenvalue weighted by Crippen LogP contribution is 2.32. The first kappa shape index (κ1) is 12.5. The van der Waals surface area contributed by atoms with Gasteiger partial charge in [0.2, 0.25) is 0 Å². The summed E-state index contributed by atoms with van der Waals surface area (Å²) in [6.07, 6.45) is 4.00. The van der Waals surface area contributed by atoms with E-state index in [0.717, 1.165) is 36.7 Å². The molecule has 17 heavy (non-hydrogen) atoms. The molecule has 0 amide bonds. The van der Waals surface area contributed by atoms with E-state index in [4.69, 9.17) is 12.2 Å². The van der Waals surface area contributed by atoms with Crippen LogP contribution in [0, 0.1) is 0 Å². The lowest BCUT2D eigenvalue weighted by atomic mass is 9.78. The normalized spacial score (nSPS) is 25.6. The first-order chi connectivity index (χ1) is 8.19. The molecule has 2 heterocycles. The van der Waals surface area contributed by atoms with Crippen molar-refractivity contribution in [2.45, 2.75) is 25.2 Å². The van der Waals surface area contributed by atoms with Crippen LogP contribution < -0.4 is 5.32 Å². The summed E-state index contributed by atoms with van der Waals surface area (Å²) in [4.78, 5) is 7.73. The van der Waals surface area contributed by atoms with E-state index in [1.54, 1.807) is 0 Å². The molecule has 0 aromatic carbocycles. The zero-order chi connectivity index (χ0) is 12.3. The van der Waals surface area contributed by atoms with Crippen LogP contribution in [0.4, 0.5) is 0 Å². The van der Waals surface area contributed by atoms with Gasteiger partial charge in [-0.05, 0) is 25.6 Å². The van der Waals surface area contributed by atoms with Crippen LogP contribution in [0.25, 0.3) is 0 Å². The van der Waals surface area contributed by atoms with Crippen LogP contribution in [0.3, 0.4) is 0 Å². The molecule has 1 atom stereocenters. The first-order valence-corrected chi connectivity index (χ1v) is 6.48. The Labute approximate surface area is 108 Å². The number of hydrogen-bond acceptors (Lipinski definition) is 3. The van der Waals surface area contributed by atoms with E-state index >= 15 is 0 Å². The molecule has 1 fully saturated rings. The van der Waals surface area contributed by atoms with E-state index in [9.17, 15) is 0 Å². The largest absolute Gasteiger partial charge is 0.366 e. The lowest BCUT2D eigenvalue weighted by molar-refractivity contribution is 0.239. The molecular formula is C13H19N3S. The number of likely N-dealkylation sites (N-methyl/N-ethyl adjacent to an activating group) is 1. The van der Waals surface area contributed by atoms with Gasteiger partial charge in [0.25, 0.3) is 0 Å². The van der Waals surface area contributed by atoms with Gasteiger partial charge in [-0.1, -0.05) is 31.6 Å². The third-order valence-corrected chi connectivity index (χ3v) is 3.85. The monoisotopic (exact) mass is 249 g/mol. The molecule has 2 rings (SSSR count). The molecule has 1 saturated heterocycles. The molecule has 0 bridgehead atoms. The number of aromatic nitrogens is 1. The van der Waals surface area contributed by atoms with Gasteiger partial charge in [0.15, 0.2) is 0 Å². The van der Waals surface area contributed by atoms with Crippen molar-refractivity contribution in [2.24, 2.45) is 0 Å². The van der Waals surface area contributed by atoms with E-state index in [1.807, 2.05) is 18.3 Å². The second kappa shape index (κ2) is 5.10. The summed E-state index contributed by atoms with van der Waals surface area (Å²) in [5.41, 5.74) is 0.976. The van der Waals surface area contributed by atoms with Crippen molar-refractivity contribution in [3.8, 4) is 0 Å². The van der Waals surface area contributed by atoms with Gasteiger partial charge < -0.3 is 5.32 Å². The topological polar surface area (TPSA) is 28.2 Å². The van der Waals surface area contributed by atoms with E-state index in [2.05, 4.69) is 35.2 Å². The standard InChI is InChI=1S/C13H19N3S/c1-3-7-13(11-6-4-5-8-14-11)9-16(2)10-15-12(13)17/h4-6,8H,3,7,9-10H2,1-2H3,(H,15,17). The molecule has 0 saturated carbocycles. The Bertz CT molecular complexity index is 393. The molecule has 0 radical (unpaired) electrons. The predicted molar refractivity (Wildman–Crippen MR) is 74.1 cm³/mol. The minimum absolute atomic E-state index is 0.113. The first-order valence-electron chi connectivity index (χ1n) is 6.07. The third kappa shape index (κ3) is 2.33. The van der Waals surface area contributed by atoms with Gasteiger partial charge in [-0.15, -0.1) is 0 Å². The maximum absolute atomic E-state index is 5.56. The lowest BCUT2D eigenvalue weighted by Gasteiger charge is -2.42. The zero-order valence-electron chi connectivity index (χ0n) is 10.4. The van der Waals surface area contributed by atoms with E-state index in [-0.39, 0.29) is 5.41 Å². The highest BCUT2D eigenvalue weighted by molar-refractivity contribution is 7.80. The molecule has 0 aliphatic carbocycles. The Morgan fingerprint density at radius 3 is 3.00 bits per heavy atom. The van der Waals surface area contributed by atoms with Crippen molar-refractivity contribution >= 4 is 17.2 Å². The van der Waals surface area contributed by atoms with Crippen molar-refractivity contribution in [3.63, 3.8) is 0 Å². The van der Waals surface area contributed by atoms with Crippen LogP contribution in [-0.4, -0.2) is 35.1 Å². The molecular weight excluding hydrogens is 230 g/mol. The molecule has 1 aromatic heterocycles. The van der Waals surface area contributed by atoms with Crippen LogP contribution in [0.2, 0.25) is 0 Å². The number of thiocarbonyl (C=S) groups is 1. The number of pyridine rings is 1. The fourth-order valence-electron chi connectivity index (χ4n) is 2.56. The number of hydrogen-bond donors (Lipinski definition) is 1. The summed E-state index contributed by atoms with van der Waals surface area (Å²) < 4.78 is 0. The Kier molecular flexibility index (Phi) is 3.74. The van der Waals surface area contributed by atoms with Gasteiger partial charge in [0.05, 0.1) is 22.8 Å². The summed E-state index contributed by atoms with van der Waals surface area (Å²) >= 11 is 5.56. The Balaban J connectivity index is 2.40. The Morgan fingerprint density at radius 2 is 2.35 bits per heavy atom. The minimum atomic E-state index is -0.113. The molecule has 1 aliphatic rings. The van der Waals surface area contributed by atoms with Crippen molar-refractivity contribution < 1.29 is 0 Å². The van der Waals surface area contributed by atoms with E-state index in [0.29, 0.717) is 0 Å². The van der Waals surface area contributed by atoms with E-state index in [1.165, 1.54) is 0 Å². The maximum atomic E-state index is 5.56. The van der Waals surface area contributed by atoms with Crippen LogP contribution >= 0.6 is 12.2 Å². The quantitative estimate of drug-likeness (QED) is 0.829. The fraction of sp³-hybridized carbons (Fsp3) is 0.538. The molecule has 4 heteroatoms. The SMILES string of the molecule is CCCC1(c2ccccn2)CN(C)CNC1=S. The summed E-state index contributed by atoms with van der Waals surface area (Å²) in [6, 6.07) is 6.08. The fourth-order valence-corrected chi connectivity index (χ4v) is 2.89. The Hall–Kier alpha value is -1.00. The average Bonchev–Trinajstić information content (AvgIpc) is 2.35. The minimum Gasteiger partial charge on any atom is -0.366 e. The highest BCUT2D eigenvalue weighted by Gasteiger charge is 2.40. The molecule has 1 unspecified atom stereocenters. The molecule has 1 N–H and O–H groups in total. The summed E-state index contributed by atoms with van der Waals surface area (Å²) in [5.74, 6) is 0. The molecule has 1 aliphatic heterocycles. The summed E-state index contributed by atoms with van der Waals surface area (Å²) in [6.45, 7) is 3.97. The molecule has 92 valence electrons. The highest BCUT2D eigenvalue weighted by atomic mass is 32.1. The predicted octanol–water partition coefficient (Wildman–Crippen LogP) is 1.94. The van der Waals surface area contributed by atoms with Crippen LogP contribution in [0.15, 0.2) is 24.4 Å². The van der Waals surface area contributed by atoms with Crippen molar-refractivity contribution in [1.29, 1.82) is 0 Å². The van der Waals surface area contributed by atoms with Gasteiger partial charge in [0, 0.05) is 12.7 Å². The second-order valence-electron chi connectivity index (χ2n) is 4.73. The molecule has 3 nitrogen and oxygen atoms in total. The van der Waals surface area contributed by atoms with Crippen molar-refractivity contribution in [2.75, 3.05) is 20.3 Å². The average molecular weight is 249 g/mol. The number of nitrogens with one attached hydrogen (secondary N) is 1. The smallest absolute Gasteiger partial charge is 0.0899 e. The van der Waals surface area contributed by atoms with Gasteiger partial charge >= 0.3 is 0 Å². The van der Waals surface area contributed by atoms with Gasteiger partial charge in [0.1, 0.15) is 0 Å². The van der Waals surface area contributed by atoms with Crippen molar-refractivity contribution in [3.05, 3.63) is 30.1 Å². The third-order valence-electron chi connectivity index (χ3n) is 3.32. The molecule has 1 aromatic rings. The van der Waals surface area contributed by atoms with Crippen LogP contribution in [-0.2, 0) is 5.41 Å². The second-order valence-corrected chi connectivity index (χ2v) is 5.13. The van der Waals surface area contributed by atoms with Gasteiger partial charge in [-0.3, -0.25) is 9.88 Å². The summed E-state index contributed by atoms with van der Waals surface area (Å²) in [5, 5.41) is 3.32. The van der Waals surface area contributed by atoms with E-state index < -0.39 is 0 Å². The van der Waals surface area contributed by atoms with Gasteiger partial charge in [-0.2, -0.15) is 0 Å². The number of nitrogens with zero attached hydrogens (tertiary/aromatic N) is 2. The lowest BCUT2D eigenvalue weighted by Crippen LogP contribution is -2.58. The van der Waals surface area contributed by atoms with Crippen LogP contribution in [0.5, 0.6) is 0 Å². The Morgan fingerprint density at radius 1 is 1.53 bits per heavy atom. The zero-order valence-corrected chi connectivity index (χ0v) is 11.3. The number of rotatable bonds is 3.